The number of nitrogen functional groups attached to an aromatic ring is 1. The van der Waals surface area contributed by atoms with Crippen LogP contribution in [0, 0.1) is 6.92 Å². The second-order valence-electron chi connectivity index (χ2n) is 5.20. The smallest absolute Gasteiger partial charge is 0.270 e. The second-order valence-corrected chi connectivity index (χ2v) is 5.20. The Hall–Kier alpha value is -2.69. The Bertz CT molecular complexity index is 801. The summed E-state index contributed by atoms with van der Waals surface area (Å²) in [7, 11) is 1.75. The van der Waals surface area contributed by atoms with Gasteiger partial charge in [-0.05, 0) is 43.3 Å². The first-order valence-corrected chi connectivity index (χ1v) is 6.72. The number of H-pyrrole nitrogens is 1. The lowest BCUT2D eigenvalue weighted by Crippen LogP contribution is -2.26. The van der Waals surface area contributed by atoms with Crippen LogP contribution in [0.4, 0.5) is 5.69 Å². The fourth-order valence-electron chi connectivity index (χ4n) is 2.35. The summed E-state index contributed by atoms with van der Waals surface area (Å²) >= 11 is 0. The molecule has 0 radical (unpaired) electrons. The van der Waals surface area contributed by atoms with Crippen molar-refractivity contribution in [2.75, 3.05) is 12.8 Å². The van der Waals surface area contributed by atoms with Gasteiger partial charge in [0.05, 0.1) is 6.54 Å². The molecule has 0 bridgehead atoms. The van der Waals surface area contributed by atoms with E-state index in [-0.39, 0.29) is 5.91 Å². The molecule has 0 saturated carbocycles. The van der Waals surface area contributed by atoms with Crippen LogP contribution in [0.2, 0.25) is 0 Å². The first kappa shape index (κ1) is 13.3. The molecule has 0 aliphatic rings. The summed E-state index contributed by atoms with van der Waals surface area (Å²) in [4.78, 5) is 17.2. The quantitative estimate of drug-likeness (QED) is 0.726. The number of hydrogen-bond donors (Lipinski definition) is 2. The number of benzene rings is 1. The van der Waals surface area contributed by atoms with E-state index in [1.54, 1.807) is 11.9 Å². The van der Waals surface area contributed by atoms with Crippen LogP contribution in [0.15, 0.2) is 40.8 Å². The molecule has 0 spiro atoms. The summed E-state index contributed by atoms with van der Waals surface area (Å²) in [6.45, 7) is 2.32. The number of carbonyl (C=O) groups excluding carboxylic acids is 1. The highest BCUT2D eigenvalue weighted by Crippen LogP contribution is 2.19. The highest BCUT2D eigenvalue weighted by Gasteiger charge is 2.16. The molecule has 3 N–H and O–H groups in total. The number of aromatic amines is 1. The Morgan fingerprint density at radius 1 is 1.29 bits per heavy atom. The third-order valence-corrected chi connectivity index (χ3v) is 3.41. The zero-order chi connectivity index (χ0) is 15.0. The van der Waals surface area contributed by atoms with Gasteiger partial charge < -0.3 is 20.0 Å². The third-order valence-electron chi connectivity index (χ3n) is 3.41. The zero-order valence-corrected chi connectivity index (χ0v) is 12.0. The van der Waals surface area contributed by atoms with E-state index < -0.39 is 0 Å². The van der Waals surface area contributed by atoms with Gasteiger partial charge in [-0.2, -0.15) is 0 Å². The first-order chi connectivity index (χ1) is 10.0. The van der Waals surface area contributed by atoms with Crippen LogP contribution >= 0.6 is 0 Å². The molecule has 0 atom stereocenters. The highest BCUT2D eigenvalue weighted by atomic mass is 16.3. The number of aromatic nitrogens is 1. The Morgan fingerprint density at radius 3 is 2.81 bits per heavy atom. The number of fused-ring (bicyclic) bond motifs is 1. The van der Waals surface area contributed by atoms with E-state index in [9.17, 15) is 4.79 Å². The van der Waals surface area contributed by atoms with Gasteiger partial charge in [0.25, 0.3) is 5.91 Å². The molecule has 21 heavy (non-hydrogen) atoms. The largest absolute Gasteiger partial charge is 0.464 e. The lowest BCUT2D eigenvalue weighted by Gasteiger charge is -2.14. The zero-order valence-electron chi connectivity index (χ0n) is 12.0. The minimum absolute atomic E-state index is 0.0844. The normalized spacial score (nSPS) is 11.0. The van der Waals surface area contributed by atoms with Crippen LogP contribution in [0.5, 0.6) is 0 Å². The van der Waals surface area contributed by atoms with E-state index in [1.807, 2.05) is 43.3 Å². The van der Waals surface area contributed by atoms with Gasteiger partial charge in [0.15, 0.2) is 0 Å². The maximum absolute atomic E-state index is 12.4. The lowest BCUT2D eigenvalue weighted by atomic mass is 10.2. The standard InChI is InChI=1S/C16H17N3O2/c1-10-3-5-13(21-10)9-19(2)16(20)15-8-11-7-12(17)4-6-14(11)18-15/h3-8,18H,9,17H2,1-2H3. The van der Waals surface area contributed by atoms with Gasteiger partial charge in [-0.25, -0.2) is 0 Å². The molecule has 5 heteroatoms. The lowest BCUT2D eigenvalue weighted by molar-refractivity contribution is 0.0770. The molecule has 2 aromatic heterocycles. The molecule has 5 nitrogen and oxygen atoms in total. The maximum Gasteiger partial charge on any atom is 0.270 e. The minimum Gasteiger partial charge on any atom is -0.464 e. The Balaban J connectivity index is 1.82. The van der Waals surface area contributed by atoms with Crippen molar-refractivity contribution in [1.82, 2.24) is 9.88 Å². The van der Waals surface area contributed by atoms with E-state index in [1.165, 1.54) is 0 Å². The molecule has 0 unspecified atom stereocenters. The van der Waals surface area contributed by atoms with Crippen molar-refractivity contribution in [1.29, 1.82) is 0 Å². The summed E-state index contributed by atoms with van der Waals surface area (Å²) in [5.41, 5.74) is 7.87. The van der Waals surface area contributed by atoms with E-state index in [4.69, 9.17) is 10.2 Å². The predicted molar refractivity (Wildman–Crippen MR) is 82.0 cm³/mol. The molecular formula is C16H17N3O2. The van der Waals surface area contributed by atoms with Crippen LogP contribution in [-0.2, 0) is 6.54 Å². The number of nitrogens with one attached hydrogen (secondary N) is 1. The molecule has 2 heterocycles. The van der Waals surface area contributed by atoms with E-state index in [2.05, 4.69) is 4.98 Å². The van der Waals surface area contributed by atoms with Gasteiger partial charge in [-0.15, -0.1) is 0 Å². The maximum atomic E-state index is 12.4. The Morgan fingerprint density at radius 2 is 2.10 bits per heavy atom. The van der Waals surface area contributed by atoms with Gasteiger partial charge in [-0.3, -0.25) is 4.79 Å². The van der Waals surface area contributed by atoms with Gasteiger partial charge in [0.1, 0.15) is 17.2 Å². The van der Waals surface area contributed by atoms with Crippen molar-refractivity contribution in [3.05, 3.63) is 53.6 Å². The van der Waals surface area contributed by atoms with Crippen LogP contribution in [0.1, 0.15) is 22.0 Å². The number of rotatable bonds is 3. The molecule has 3 rings (SSSR count). The average Bonchev–Trinajstić information content (AvgIpc) is 3.03. The molecule has 0 aliphatic carbocycles. The number of furan rings is 1. The topological polar surface area (TPSA) is 75.3 Å². The Kier molecular flexibility index (Phi) is 3.17. The van der Waals surface area contributed by atoms with Crippen molar-refractivity contribution in [3.63, 3.8) is 0 Å². The molecule has 0 aliphatic heterocycles. The number of hydrogen-bond acceptors (Lipinski definition) is 3. The first-order valence-electron chi connectivity index (χ1n) is 6.72. The number of nitrogens with two attached hydrogens (primary N) is 1. The number of aryl methyl sites for hydroxylation is 1. The highest BCUT2D eigenvalue weighted by molar-refractivity contribution is 5.98. The molecular weight excluding hydrogens is 266 g/mol. The van der Waals surface area contributed by atoms with Crippen molar-refractivity contribution in [2.24, 2.45) is 0 Å². The van der Waals surface area contributed by atoms with E-state index in [0.717, 1.165) is 22.4 Å². The third kappa shape index (κ3) is 2.63. The molecule has 108 valence electrons. The molecule has 1 aromatic carbocycles. The van der Waals surface area contributed by atoms with Crippen LogP contribution in [-0.4, -0.2) is 22.8 Å². The molecule has 3 aromatic rings. The van der Waals surface area contributed by atoms with Gasteiger partial charge >= 0.3 is 0 Å². The van der Waals surface area contributed by atoms with Gasteiger partial charge in [0, 0.05) is 23.6 Å². The minimum atomic E-state index is -0.0844. The Labute approximate surface area is 122 Å². The molecule has 1 amide bonds. The van der Waals surface area contributed by atoms with Crippen LogP contribution in [0.25, 0.3) is 10.9 Å². The summed E-state index contributed by atoms with van der Waals surface area (Å²) in [6, 6.07) is 11.1. The molecule has 0 fully saturated rings. The number of amides is 1. The fourth-order valence-corrected chi connectivity index (χ4v) is 2.35. The number of anilines is 1. The van der Waals surface area contributed by atoms with Crippen molar-refractivity contribution < 1.29 is 9.21 Å². The monoisotopic (exact) mass is 283 g/mol. The van der Waals surface area contributed by atoms with E-state index in [0.29, 0.717) is 17.9 Å². The average molecular weight is 283 g/mol. The van der Waals surface area contributed by atoms with Crippen molar-refractivity contribution in [3.8, 4) is 0 Å². The van der Waals surface area contributed by atoms with Crippen molar-refractivity contribution >= 4 is 22.5 Å². The number of carbonyl (C=O) groups is 1. The second kappa shape index (κ2) is 5.01. The summed E-state index contributed by atoms with van der Waals surface area (Å²) in [5.74, 6) is 1.52. The van der Waals surface area contributed by atoms with Crippen molar-refractivity contribution in [2.45, 2.75) is 13.5 Å². The number of nitrogens with zero attached hydrogens (tertiary/aromatic N) is 1. The SMILES string of the molecule is Cc1ccc(CN(C)C(=O)c2cc3cc(N)ccc3[nH]2)o1. The predicted octanol–water partition coefficient (Wildman–Crippen LogP) is 2.92. The van der Waals surface area contributed by atoms with E-state index >= 15 is 0 Å². The van der Waals surface area contributed by atoms with Crippen LogP contribution < -0.4 is 5.73 Å². The van der Waals surface area contributed by atoms with Gasteiger partial charge in [-0.1, -0.05) is 0 Å². The summed E-state index contributed by atoms with van der Waals surface area (Å²) < 4.78 is 5.49. The summed E-state index contributed by atoms with van der Waals surface area (Å²) in [5, 5.41) is 0.931. The van der Waals surface area contributed by atoms with Gasteiger partial charge in [0.2, 0.25) is 0 Å². The molecule has 0 saturated heterocycles. The fraction of sp³-hybridized carbons (Fsp3) is 0.188. The summed E-state index contributed by atoms with van der Waals surface area (Å²) in [6.07, 6.45) is 0. The van der Waals surface area contributed by atoms with Crippen LogP contribution in [0.3, 0.4) is 0 Å².